The van der Waals surface area contributed by atoms with Crippen LogP contribution < -0.4 is 5.73 Å². The van der Waals surface area contributed by atoms with E-state index in [2.05, 4.69) is 21.3 Å². The van der Waals surface area contributed by atoms with Gasteiger partial charge in [-0.15, -0.1) is 0 Å². The number of aromatic nitrogens is 2. The number of methoxy groups -OCH3 is 1. The minimum absolute atomic E-state index is 0.00299. The first-order chi connectivity index (χ1) is 8.63. The summed E-state index contributed by atoms with van der Waals surface area (Å²) in [5.74, 6) is -0.573. The van der Waals surface area contributed by atoms with Gasteiger partial charge in [-0.3, -0.25) is 0 Å². The van der Waals surface area contributed by atoms with E-state index in [1.165, 1.54) is 13.3 Å². The Morgan fingerprint density at radius 3 is 2.83 bits per heavy atom. The van der Waals surface area contributed by atoms with Crippen LogP contribution in [-0.4, -0.2) is 23.0 Å². The van der Waals surface area contributed by atoms with E-state index in [1.54, 1.807) is 6.08 Å². The molecular formula is C13H15N3O2. The zero-order valence-corrected chi connectivity index (χ0v) is 10.4. The van der Waals surface area contributed by atoms with Gasteiger partial charge in [0.2, 0.25) is 0 Å². The van der Waals surface area contributed by atoms with Crippen LogP contribution in [0, 0.1) is 0 Å². The number of hydrogen-bond acceptors (Lipinski definition) is 5. The van der Waals surface area contributed by atoms with Gasteiger partial charge in [0, 0.05) is 5.57 Å². The van der Waals surface area contributed by atoms with Crippen molar-refractivity contribution in [3.63, 3.8) is 0 Å². The van der Waals surface area contributed by atoms with Crippen molar-refractivity contribution in [2.75, 3.05) is 12.8 Å². The van der Waals surface area contributed by atoms with Gasteiger partial charge in [0.25, 0.3) is 0 Å². The largest absolute Gasteiger partial charge is 0.464 e. The number of nitrogen functional groups attached to an aromatic ring is 1. The van der Waals surface area contributed by atoms with Gasteiger partial charge < -0.3 is 10.5 Å². The summed E-state index contributed by atoms with van der Waals surface area (Å²) in [6.45, 7) is 5.58. The monoisotopic (exact) mass is 245 g/mol. The number of anilines is 1. The third-order valence-corrected chi connectivity index (χ3v) is 2.16. The van der Waals surface area contributed by atoms with Crippen molar-refractivity contribution in [2.45, 2.75) is 6.92 Å². The molecule has 0 aromatic carbocycles. The van der Waals surface area contributed by atoms with E-state index in [4.69, 9.17) is 5.73 Å². The normalized spacial score (nSPS) is 11.6. The average molecular weight is 245 g/mol. The lowest BCUT2D eigenvalue weighted by atomic mass is 10.1. The third-order valence-electron chi connectivity index (χ3n) is 2.16. The summed E-state index contributed by atoms with van der Waals surface area (Å²) >= 11 is 0. The van der Waals surface area contributed by atoms with Crippen LogP contribution in [0.3, 0.4) is 0 Å². The third kappa shape index (κ3) is 3.04. The molecule has 18 heavy (non-hydrogen) atoms. The first-order valence-electron chi connectivity index (χ1n) is 5.30. The number of allylic oxidation sites excluding steroid dienone is 5. The first-order valence-corrected chi connectivity index (χ1v) is 5.30. The maximum atomic E-state index is 11.4. The van der Waals surface area contributed by atoms with Gasteiger partial charge in [-0.25, -0.2) is 14.8 Å². The maximum absolute atomic E-state index is 11.4. The number of nitrogens with zero attached hydrogens (tertiary/aromatic N) is 2. The number of hydrogen-bond donors (Lipinski definition) is 1. The number of rotatable bonds is 4. The number of carbonyl (C=O) groups excluding carboxylic acids is 1. The molecule has 1 heterocycles. The summed E-state index contributed by atoms with van der Waals surface area (Å²) in [6.07, 6.45) is 8.64. The van der Waals surface area contributed by atoms with Gasteiger partial charge in [0.05, 0.1) is 19.0 Å². The first kappa shape index (κ1) is 13.6. The van der Waals surface area contributed by atoms with Gasteiger partial charge >= 0.3 is 5.97 Å². The maximum Gasteiger partial charge on any atom is 0.360 e. The lowest BCUT2D eigenvalue weighted by Crippen LogP contribution is -2.11. The Balaban J connectivity index is 3.26. The molecule has 0 aliphatic heterocycles. The molecule has 1 aromatic heterocycles. The second-order valence-electron chi connectivity index (χ2n) is 3.33. The average Bonchev–Trinajstić information content (AvgIpc) is 2.40. The molecule has 0 aliphatic rings. The second-order valence-corrected chi connectivity index (χ2v) is 3.33. The summed E-state index contributed by atoms with van der Waals surface area (Å²) in [5.41, 5.74) is 6.83. The highest BCUT2D eigenvalue weighted by Crippen LogP contribution is 2.16. The van der Waals surface area contributed by atoms with Crippen molar-refractivity contribution in [1.29, 1.82) is 0 Å². The molecule has 0 atom stereocenters. The number of ether oxygens (including phenoxy) is 1. The fourth-order valence-electron chi connectivity index (χ4n) is 1.24. The van der Waals surface area contributed by atoms with Crippen molar-refractivity contribution in [3.8, 4) is 0 Å². The van der Waals surface area contributed by atoms with Crippen LogP contribution >= 0.6 is 0 Å². The molecule has 2 N–H and O–H groups in total. The van der Waals surface area contributed by atoms with Crippen molar-refractivity contribution in [3.05, 3.63) is 48.5 Å². The van der Waals surface area contributed by atoms with Crippen molar-refractivity contribution < 1.29 is 9.53 Å². The van der Waals surface area contributed by atoms with Crippen LogP contribution in [-0.2, 0) is 4.74 Å². The van der Waals surface area contributed by atoms with E-state index in [1.807, 2.05) is 25.2 Å². The van der Waals surface area contributed by atoms with E-state index in [9.17, 15) is 4.79 Å². The molecule has 5 nitrogen and oxygen atoms in total. The van der Waals surface area contributed by atoms with Crippen molar-refractivity contribution in [1.82, 2.24) is 9.97 Å². The van der Waals surface area contributed by atoms with E-state index in [-0.39, 0.29) is 11.5 Å². The minimum atomic E-state index is -0.615. The molecule has 0 saturated carbocycles. The molecule has 0 aliphatic carbocycles. The van der Waals surface area contributed by atoms with Crippen LogP contribution in [0.4, 0.5) is 5.82 Å². The van der Waals surface area contributed by atoms with E-state index in [0.717, 1.165) is 5.57 Å². The summed E-state index contributed by atoms with van der Waals surface area (Å²) in [6, 6.07) is 0. The highest BCUT2D eigenvalue weighted by Gasteiger charge is 2.14. The molecule has 0 saturated heterocycles. The Morgan fingerprint density at radius 2 is 2.28 bits per heavy atom. The molecule has 1 rings (SSSR count). The summed E-state index contributed by atoms with van der Waals surface area (Å²) in [4.78, 5) is 19.5. The van der Waals surface area contributed by atoms with Gasteiger partial charge in [-0.1, -0.05) is 30.9 Å². The standard InChI is InChI=1S/C13H15N3O2/c1-4-6-7-9(5-2)10-8-15-12(14)11(16-10)13(17)18-3/h4-8H,2H2,1,3H3,(H2,14,15)/b6-4-,9-7+. The fourth-order valence-corrected chi connectivity index (χ4v) is 1.24. The van der Waals surface area contributed by atoms with Gasteiger partial charge in [-0.05, 0) is 6.92 Å². The fraction of sp³-hybridized carbons (Fsp3) is 0.154. The van der Waals surface area contributed by atoms with E-state index < -0.39 is 5.97 Å². The smallest absolute Gasteiger partial charge is 0.360 e. The Labute approximate surface area is 106 Å². The molecule has 0 radical (unpaired) electrons. The van der Waals surface area contributed by atoms with E-state index in [0.29, 0.717) is 5.69 Å². The molecule has 94 valence electrons. The van der Waals surface area contributed by atoms with Crippen LogP contribution in [0.1, 0.15) is 23.1 Å². The van der Waals surface area contributed by atoms with Crippen molar-refractivity contribution in [2.24, 2.45) is 0 Å². The molecule has 0 spiro atoms. The Hall–Kier alpha value is -2.43. The molecule has 0 amide bonds. The quantitative estimate of drug-likeness (QED) is 0.648. The topological polar surface area (TPSA) is 78.1 Å². The predicted molar refractivity (Wildman–Crippen MR) is 70.8 cm³/mol. The van der Waals surface area contributed by atoms with Crippen LogP contribution in [0.15, 0.2) is 37.1 Å². The van der Waals surface area contributed by atoms with Crippen LogP contribution in [0.5, 0.6) is 0 Å². The zero-order valence-electron chi connectivity index (χ0n) is 10.4. The molecular weight excluding hydrogens is 230 g/mol. The number of nitrogens with two attached hydrogens (primary N) is 1. The molecule has 0 fully saturated rings. The number of esters is 1. The Bertz CT molecular complexity index is 519. The minimum Gasteiger partial charge on any atom is -0.464 e. The lowest BCUT2D eigenvalue weighted by Gasteiger charge is -2.05. The predicted octanol–water partition coefficient (Wildman–Crippen LogP) is 1.99. The number of carbonyl (C=O) groups is 1. The van der Waals surface area contributed by atoms with Crippen LogP contribution in [0.2, 0.25) is 0 Å². The SMILES string of the molecule is C=C/C(=C\C=C/C)c1cnc(N)c(C(=O)OC)n1. The summed E-state index contributed by atoms with van der Waals surface area (Å²) < 4.78 is 4.59. The second kappa shape index (κ2) is 6.34. The lowest BCUT2D eigenvalue weighted by molar-refractivity contribution is 0.0595. The zero-order chi connectivity index (χ0) is 13.5. The van der Waals surface area contributed by atoms with Gasteiger partial charge in [0.15, 0.2) is 11.5 Å². The van der Waals surface area contributed by atoms with Gasteiger partial charge in [0.1, 0.15) is 0 Å². The highest BCUT2D eigenvalue weighted by atomic mass is 16.5. The summed E-state index contributed by atoms with van der Waals surface area (Å²) in [7, 11) is 1.26. The summed E-state index contributed by atoms with van der Waals surface area (Å²) in [5, 5.41) is 0. The van der Waals surface area contributed by atoms with Crippen LogP contribution in [0.25, 0.3) is 5.57 Å². The van der Waals surface area contributed by atoms with E-state index >= 15 is 0 Å². The van der Waals surface area contributed by atoms with Gasteiger partial charge in [-0.2, -0.15) is 0 Å². The van der Waals surface area contributed by atoms with Crippen molar-refractivity contribution >= 4 is 17.4 Å². The Morgan fingerprint density at radius 1 is 1.56 bits per heavy atom. The molecule has 1 aromatic rings. The molecule has 0 unspecified atom stereocenters. The molecule has 5 heteroatoms. The Kier molecular flexibility index (Phi) is 4.80. The molecule has 0 bridgehead atoms. The highest BCUT2D eigenvalue weighted by molar-refractivity contribution is 5.92.